The maximum Gasteiger partial charge on any atom is 0.419 e. The van der Waals surface area contributed by atoms with Crippen LogP contribution in [-0.2, 0) is 7.05 Å². The van der Waals surface area contributed by atoms with E-state index in [0.717, 1.165) is 12.1 Å². The fourth-order valence-corrected chi connectivity index (χ4v) is 2.57. The molecule has 1 aromatic heterocycles. The van der Waals surface area contributed by atoms with Crippen LogP contribution in [0.2, 0.25) is 0 Å². The molecular formula is C15H10ClF2NO2. The first-order valence-electron chi connectivity index (χ1n) is 6.16. The Bertz CT molecular complexity index is 865. The van der Waals surface area contributed by atoms with E-state index in [1.807, 2.05) is 0 Å². The highest BCUT2D eigenvalue weighted by molar-refractivity contribution is 6.22. The van der Waals surface area contributed by atoms with Crippen LogP contribution >= 0.6 is 11.6 Å². The lowest BCUT2D eigenvalue weighted by Crippen LogP contribution is -2.08. The van der Waals surface area contributed by atoms with Gasteiger partial charge in [0, 0.05) is 12.6 Å². The summed E-state index contributed by atoms with van der Waals surface area (Å²) in [4.78, 5) is 11.4. The molecule has 1 atom stereocenters. The quantitative estimate of drug-likeness (QED) is 0.676. The van der Waals surface area contributed by atoms with Crippen LogP contribution in [0.25, 0.3) is 11.1 Å². The molecule has 3 rings (SSSR count). The molecular weight excluding hydrogens is 300 g/mol. The third kappa shape index (κ3) is 2.23. The minimum atomic E-state index is -1.01. The average molecular weight is 310 g/mol. The van der Waals surface area contributed by atoms with Crippen molar-refractivity contribution < 1.29 is 13.2 Å². The molecule has 0 saturated carbocycles. The molecule has 1 unspecified atom stereocenters. The summed E-state index contributed by atoms with van der Waals surface area (Å²) in [5, 5.41) is -1.01. The lowest BCUT2D eigenvalue weighted by Gasteiger charge is -2.12. The summed E-state index contributed by atoms with van der Waals surface area (Å²) in [6, 6.07) is 8.33. The molecule has 2 aromatic carbocycles. The van der Waals surface area contributed by atoms with Crippen molar-refractivity contribution in [2.24, 2.45) is 7.05 Å². The lowest BCUT2D eigenvalue weighted by molar-refractivity contribution is 0.527. The summed E-state index contributed by atoms with van der Waals surface area (Å²) < 4.78 is 33.9. The van der Waals surface area contributed by atoms with E-state index < -0.39 is 22.8 Å². The second-order valence-electron chi connectivity index (χ2n) is 4.65. The lowest BCUT2D eigenvalue weighted by atomic mass is 10.0. The molecule has 0 N–H and O–H groups in total. The number of aryl methyl sites for hydroxylation is 1. The fraction of sp³-hybridized carbons (Fsp3) is 0.133. The second kappa shape index (κ2) is 5.00. The number of halogens is 3. The van der Waals surface area contributed by atoms with Gasteiger partial charge in [-0.25, -0.2) is 13.6 Å². The summed E-state index contributed by atoms with van der Waals surface area (Å²) in [7, 11) is 1.57. The summed E-state index contributed by atoms with van der Waals surface area (Å²) in [5.74, 6) is -1.94. The molecule has 0 amide bonds. The minimum absolute atomic E-state index is 0.225. The van der Waals surface area contributed by atoms with Crippen LogP contribution < -0.4 is 5.76 Å². The summed E-state index contributed by atoms with van der Waals surface area (Å²) in [5.41, 5.74) is 1.13. The van der Waals surface area contributed by atoms with Crippen LogP contribution in [0.1, 0.15) is 16.5 Å². The van der Waals surface area contributed by atoms with E-state index in [1.54, 1.807) is 19.2 Å². The second-order valence-corrected chi connectivity index (χ2v) is 5.09. The van der Waals surface area contributed by atoms with E-state index in [1.165, 1.54) is 16.7 Å². The van der Waals surface area contributed by atoms with E-state index in [9.17, 15) is 13.6 Å². The van der Waals surface area contributed by atoms with E-state index in [-0.39, 0.29) is 5.56 Å². The van der Waals surface area contributed by atoms with Crippen LogP contribution in [0.4, 0.5) is 8.78 Å². The van der Waals surface area contributed by atoms with Crippen LogP contribution in [0.15, 0.2) is 45.6 Å². The number of hydrogen-bond acceptors (Lipinski definition) is 2. The van der Waals surface area contributed by atoms with E-state index in [4.69, 9.17) is 16.0 Å². The molecule has 0 spiro atoms. The molecule has 3 nitrogen and oxygen atoms in total. The highest BCUT2D eigenvalue weighted by Gasteiger charge is 2.20. The number of benzene rings is 2. The monoisotopic (exact) mass is 309 g/mol. The minimum Gasteiger partial charge on any atom is -0.408 e. The van der Waals surface area contributed by atoms with Crippen molar-refractivity contribution in [3.63, 3.8) is 0 Å². The van der Waals surface area contributed by atoms with Gasteiger partial charge in [0.25, 0.3) is 0 Å². The molecule has 0 bridgehead atoms. The molecule has 0 radical (unpaired) electrons. The third-order valence-electron chi connectivity index (χ3n) is 3.36. The third-order valence-corrected chi connectivity index (χ3v) is 3.83. The highest BCUT2D eigenvalue weighted by Crippen LogP contribution is 2.33. The van der Waals surface area contributed by atoms with Gasteiger partial charge in [0.1, 0.15) is 11.6 Å². The number of fused-ring (bicyclic) bond motifs is 1. The molecule has 1 heterocycles. The van der Waals surface area contributed by atoms with Crippen LogP contribution in [0.5, 0.6) is 0 Å². The van der Waals surface area contributed by atoms with Crippen LogP contribution in [-0.4, -0.2) is 4.57 Å². The first-order chi connectivity index (χ1) is 9.99. The van der Waals surface area contributed by atoms with Crippen molar-refractivity contribution in [1.29, 1.82) is 0 Å². The van der Waals surface area contributed by atoms with Crippen molar-refractivity contribution in [2.75, 3.05) is 0 Å². The van der Waals surface area contributed by atoms with Crippen molar-refractivity contribution in [2.45, 2.75) is 5.38 Å². The zero-order valence-corrected chi connectivity index (χ0v) is 11.7. The Balaban J connectivity index is 2.14. The zero-order chi connectivity index (χ0) is 15.1. The Morgan fingerprint density at radius 2 is 1.86 bits per heavy atom. The normalized spacial score (nSPS) is 12.8. The smallest absolute Gasteiger partial charge is 0.408 e. The van der Waals surface area contributed by atoms with Crippen molar-refractivity contribution >= 4 is 22.7 Å². The van der Waals surface area contributed by atoms with Gasteiger partial charge in [-0.1, -0.05) is 12.1 Å². The summed E-state index contributed by atoms with van der Waals surface area (Å²) in [6.45, 7) is 0. The Hall–Kier alpha value is -2.14. The first-order valence-corrected chi connectivity index (χ1v) is 6.60. The number of rotatable bonds is 2. The molecule has 0 fully saturated rings. The van der Waals surface area contributed by atoms with E-state index in [0.29, 0.717) is 16.7 Å². The predicted molar refractivity (Wildman–Crippen MR) is 75.5 cm³/mol. The van der Waals surface area contributed by atoms with E-state index >= 15 is 0 Å². The first kappa shape index (κ1) is 13.8. The van der Waals surface area contributed by atoms with Gasteiger partial charge in [0.2, 0.25) is 0 Å². The van der Waals surface area contributed by atoms with Gasteiger partial charge in [-0.15, -0.1) is 11.6 Å². The average Bonchev–Trinajstić information content (AvgIpc) is 2.73. The Labute approximate surface area is 123 Å². The zero-order valence-electron chi connectivity index (χ0n) is 10.9. The summed E-state index contributed by atoms with van der Waals surface area (Å²) >= 11 is 6.18. The molecule has 6 heteroatoms. The van der Waals surface area contributed by atoms with Gasteiger partial charge < -0.3 is 4.42 Å². The topological polar surface area (TPSA) is 35.1 Å². The maximum atomic E-state index is 13.8. The van der Waals surface area contributed by atoms with Crippen molar-refractivity contribution in [1.82, 2.24) is 4.57 Å². The Kier molecular flexibility index (Phi) is 3.29. The SMILES string of the molecule is Cn1c(=O)oc2cc(C(Cl)c3c(F)cccc3F)ccc21. The molecule has 0 aliphatic carbocycles. The van der Waals surface area contributed by atoms with Gasteiger partial charge >= 0.3 is 5.76 Å². The largest absolute Gasteiger partial charge is 0.419 e. The number of alkyl halides is 1. The number of oxazole rings is 1. The van der Waals surface area contributed by atoms with Crippen molar-refractivity contribution in [3.8, 4) is 0 Å². The molecule has 0 aliphatic heterocycles. The van der Waals surface area contributed by atoms with Gasteiger partial charge in [-0.3, -0.25) is 4.57 Å². The molecule has 108 valence electrons. The molecule has 0 aliphatic rings. The van der Waals surface area contributed by atoms with Crippen molar-refractivity contribution in [3.05, 3.63) is 69.7 Å². The highest BCUT2D eigenvalue weighted by atomic mass is 35.5. The molecule has 3 aromatic rings. The van der Waals surface area contributed by atoms with Gasteiger partial charge in [-0.2, -0.15) is 0 Å². The van der Waals surface area contributed by atoms with E-state index in [2.05, 4.69) is 0 Å². The van der Waals surface area contributed by atoms with Gasteiger partial charge in [0.15, 0.2) is 5.58 Å². The van der Waals surface area contributed by atoms with Gasteiger partial charge in [0.05, 0.1) is 10.9 Å². The van der Waals surface area contributed by atoms with Crippen LogP contribution in [0.3, 0.4) is 0 Å². The fourth-order valence-electron chi connectivity index (χ4n) is 2.23. The van der Waals surface area contributed by atoms with Crippen LogP contribution in [0, 0.1) is 11.6 Å². The standard InChI is InChI=1S/C15H10ClF2NO2/c1-19-11-6-5-8(7-12(11)21-15(19)20)14(16)13-9(17)3-2-4-10(13)18/h2-7,14H,1H3. The number of hydrogen-bond donors (Lipinski definition) is 0. The molecule has 21 heavy (non-hydrogen) atoms. The maximum absolute atomic E-state index is 13.8. The Morgan fingerprint density at radius 3 is 2.52 bits per heavy atom. The predicted octanol–water partition coefficient (Wildman–Crippen LogP) is 3.74. The van der Waals surface area contributed by atoms with Gasteiger partial charge in [-0.05, 0) is 29.8 Å². The number of aromatic nitrogens is 1. The Morgan fingerprint density at radius 1 is 1.19 bits per heavy atom. The molecule has 0 saturated heterocycles. The number of nitrogens with zero attached hydrogens (tertiary/aromatic N) is 1. The summed E-state index contributed by atoms with van der Waals surface area (Å²) in [6.07, 6.45) is 0.